The Morgan fingerprint density at radius 1 is 1.24 bits per heavy atom. The maximum atomic E-state index is 8.84. The van der Waals surface area contributed by atoms with Gasteiger partial charge in [0.05, 0.1) is 17.5 Å². The van der Waals surface area contributed by atoms with E-state index >= 15 is 0 Å². The van der Waals surface area contributed by atoms with Gasteiger partial charge in [0.25, 0.3) is 0 Å². The summed E-state index contributed by atoms with van der Waals surface area (Å²) in [5, 5.41) is 10.1. The van der Waals surface area contributed by atoms with Gasteiger partial charge in [0, 0.05) is 11.9 Å². The van der Waals surface area contributed by atoms with E-state index in [0.717, 1.165) is 12.1 Å². The number of nitriles is 1. The summed E-state index contributed by atoms with van der Waals surface area (Å²) in [6, 6.07) is 12.7. The van der Waals surface area contributed by atoms with Crippen LogP contribution in [-0.2, 0) is 0 Å². The molecule has 1 aliphatic rings. The summed E-state index contributed by atoms with van der Waals surface area (Å²) in [5.41, 5.74) is 2.36. The average Bonchev–Trinajstić information content (AvgIpc) is 2.83. The van der Waals surface area contributed by atoms with Gasteiger partial charge in [0.1, 0.15) is 0 Å². The zero-order valence-corrected chi connectivity index (χ0v) is 9.38. The third-order valence-electron chi connectivity index (χ3n) is 3.12. The van der Waals surface area contributed by atoms with E-state index in [1.165, 1.54) is 10.9 Å². The van der Waals surface area contributed by atoms with E-state index < -0.39 is 0 Å². The molecule has 1 aliphatic carbocycles. The van der Waals surface area contributed by atoms with Crippen LogP contribution in [0.2, 0.25) is 0 Å². The predicted molar refractivity (Wildman–Crippen MR) is 69.1 cm³/mol. The molecule has 2 heteroatoms. The van der Waals surface area contributed by atoms with E-state index in [1.807, 2.05) is 24.3 Å². The molecule has 0 radical (unpaired) electrons. The molecule has 82 valence electrons. The minimum absolute atomic E-state index is 0.0283. The predicted octanol–water partition coefficient (Wildman–Crippen LogP) is 3.58. The number of benzene rings is 1. The highest BCUT2D eigenvalue weighted by molar-refractivity contribution is 5.84. The monoisotopic (exact) mass is 220 g/mol. The molecule has 1 aromatic carbocycles. The lowest BCUT2D eigenvalue weighted by atomic mass is 10.0. The zero-order chi connectivity index (χ0) is 11.7. The molecule has 17 heavy (non-hydrogen) atoms. The Bertz CT molecular complexity index is 653. The van der Waals surface area contributed by atoms with Gasteiger partial charge in [-0.25, -0.2) is 0 Å². The Labute approximate surface area is 100 Å². The number of nitrogens with zero attached hydrogens (tertiary/aromatic N) is 2. The molecule has 2 aromatic rings. The Balaban J connectivity index is 2.04. The van der Waals surface area contributed by atoms with Crippen molar-refractivity contribution in [1.29, 1.82) is 5.26 Å². The highest BCUT2D eigenvalue weighted by Gasteiger charge is 2.09. The second kappa shape index (κ2) is 3.95. The van der Waals surface area contributed by atoms with Gasteiger partial charge in [-0.05, 0) is 30.0 Å². The topological polar surface area (TPSA) is 28.7 Å². The van der Waals surface area contributed by atoms with E-state index in [2.05, 4.69) is 41.1 Å². The van der Waals surface area contributed by atoms with Crippen molar-refractivity contribution < 1.29 is 0 Å². The fraction of sp³-hybridized carbons (Fsp3) is 0.133. The molecule has 0 saturated heterocycles. The lowest BCUT2D eigenvalue weighted by molar-refractivity contribution is 0.833. The summed E-state index contributed by atoms with van der Waals surface area (Å²) in [7, 11) is 0. The SMILES string of the molecule is N#CC1C=CC(n2ccc3ccccc32)=CC1. The molecule has 0 amide bonds. The van der Waals surface area contributed by atoms with Crippen molar-refractivity contribution in [3.8, 4) is 6.07 Å². The van der Waals surface area contributed by atoms with Gasteiger partial charge in [0.15, 0.2) is 0 Å². The quantitative estimate of drug-likeness (QED) is 0.722. The molecule has 0 fully saturated rings. The van der Waals surface area contributed by atoms with Gasteiger partial charge in [-0.1, -0.05) is 30.4 Å². The normalized spacial score (nSPS) is 19.0. The smallest absolute Gasteiger partial charge is 0.0700 e. The first kappa shape index (κ1) is 9.92. The molecule has 0 spiro atoms. The van der Waals surface area contributed by atoms with E-state index in [4.69, 9.17) is 5.26 Å². The Morgan fingerprint density at radius 3 is 2.88 bits per heavy atom. The summed E-state index contributed by atoms with van der Waals surface area (Å²) in [4.78, 5) is 0. The van der Waals surface area contributed by atoms with Crippen LogP contribution >= 0.6 is 0 Å². The average molecular weight is 220 g/mol. The Hall–Kier alpha value is -2.27. The molecule has 0 aliphatic heterocycles. The molecule has 3 rings (SSSR count). The zero-order valence-electron chi connectivity index (χ0n) is 9.38. The number of aromatic nitrogens is 1. The third-order valence-corrected chi connectivity index (χ3v) is 3.12. The van der Waals surface area contributed by atoms with Crippen molar-refractivity contribution in [2.45, 2.75) is 6.42 Å². The number of fused-ring (bicyclic) bond motifs is 1. The van der Waals surface area contributed by atoms with Crippen LogP contribution in [0.1, 0.15) is 6.42 Å². The van der Waals surface area contributed by atoms with Crippen LogP contribution in [-0.4, -0.2) is 4.57 Å². The van der Waals surface area contributed by atoms with E-state index in [-0.39, 0.29) is 5.92 Å². The summed E-state index contributed by atoms with van der Waals surface area (Å²) in [6.07, 6.45) is 9.01. The molecule has 0 N–H and O–H groups in total. The van der Waals surface area contributed by atoms with Crippen LogP contribution < -0.4 is 0 Å². The minimum atomic E-state index is 0.0283. The number of hydrogen-bond acceptors (Lipinski definition) is 1. The molecule has 1 heterocycles. The number of para-hydroxylation sites is 1. The largest absolute Gasteiger partial charge is 0.317 e. The second-order valence-electron chi connectivity index (χ2n) is 4.20. The molecule has 1 aromatic heterocycles. The number of rotatable bonds is 1. The first-order chi connectivity index (χ1) is 8.38. The van der Waals surface area contributed by atoms with E-state index in [0.29, 0.717) is 0 Å². The first-order valence-electron chi connectivity index (χ1n) is 5.73. The summed E-state index contributed by atoms with van der Waals surface area (Å²) in [6.45, 7) is 0. The van der Waals surface area contributed by atoms with Crippen LogP contribution in [0.4, 0.5) is 0 Å². The van der Waals surface area contributed by atoms with Gasteiger partial charge in [0.2, 0.25) is 0 Å². The van der Waals surface area contributed by atoms with Crippen LogP contribution in [0.3, 0.4) is 0 Å². The van der Waals surface area contributed by atoms with Gasteiger partial charge < -0.3 is 4.57 Å². The summed E-state index contributed by atoms with van der Waals surface area (Å²) >= 11 is 0. The van der Waals surface area contributed by atoms with Crippen LogP contribution in [0.15, 0.2) is 54.8 Å². The molecule has 1 atom stereocenters. The van der Waals surface area contributed by atoms with Crippen LogP contribution in [0.5, 0.6) is 0 Å². The van der Waals surface area contributed by atoms with Crippen LogP contribution in [0.25, 0.3) is 16.6 Å². The highest BCUT2D eigenvalue weighted by Crippen LogP contribution is 2.24. The molecular formula is C15H12N2. The molecule has 2 nitrogen and oxygen atoms in total. The molecule has 1 unspecified atom stereocenters. The molecular weight excluding hydrogens is 208 g/mol. The van der Waals surface area contributed by atoms with E-state index in [1.54, 1.807) is 0 Å². The van der Waals surface area contributed by atoms with Crippen molar-refractivity contribution in [3.63, 3.8) is 0 Å². The fourth-order valence-corrected chi connectivity index (χ4v) is 2.19. The van der Waals surface area contributed by atoms with Gasteiger partial charge >= 0.3 is 0 Å². The van der Waals surface area contributed by atoms with Crippen molar-refractivity contribution in [3.05, 3.63) is 54.8 Å². The lowest BCUT2D eigenvalue weighted by Gasteiger charge is -2.12. The molecule has 0 bridgehead atoms. The standard InChI is InChI=1S/C15H12N2/c16-11-12-5-7-14(8-6-12)17-10-9-13-3-1-2-4-15(13)17/h1-5,7-10,12H,6H2. The van der Waals surface area contributed by atoms with E-state index in [9.17, 15) is 0 Å². The lowest BCUT2D eigenvalue weighted by Crippen LogP contribution is -2.00. The fourth-order valence-electron chi connectivity index (χ4n) is 2.19. The highest BCUT2D eigenvalue weighted by atomic mass is 15.0. The van der Waals surface area contributed by atoms with Crippen molar-refractivity contribution in [1.82, 2.24) is 4.57 Å². The third kappa shape index (κ3) is 1.66. The summed E-state index contributed by atoms with van der Waals surface area (Å²) < 4.78 is 2.17. The van der Waals surface area contributed by atoms with Gasteiger partial charge in [-0.3, -0.25) is 0 Å². The number of hydrogen-bond donors (Lipinski definition) is 0. The van der Waals surface area contributed by atoms with Gasteiger partial charge in [-0.2, -0.15) is 5.26 Å². The maximum absolute atomic E-state index is 8.84. The maximum Gasteiger partial charge on any atom is 0.0700 e. The Kier molecular flexibility index (Phi) is 2.31. The number of allylic oxidation sites excluding steroid dienone is 4. The molecule has 0 saturated carbocycles. The second-order valence-corrected chi connectivity index (χ2v) is 4.20. The Morgan fingerprint density at radius 2 is 2.12 bits per heavy atom. The first-order valence-corrected chi connectivity index (χ1v) is 5.73. The minimum Gasteiger partial charge on any atom is -0.317 e. The van der Waals surface area contributed by atoms with Crippen molar-refractivity contribution in [2.75, 3.05) is 0 Å². The van der Waals surface area contributed by atoms with Crippen molar-refractivity contribution >= 4 is 16.6 Å². The van der Waals surface area contributed by atoms with Crippen molar-refractivity contribution in [2.24, 2.45) is 5.92 Å². The van der Waals surface area contributed by atoms with Gasteiger partial charge in [-0.15, -0.1) is 0 Å². The summed E-state index contributed by atoms with van der Waals surface area (Å²) in [5.74, 6) is 0.0283. The van der Waals surface area contributed by atoms with Crippen LogP contribution in [0, 0.1) is 17.2 Å².